The molecule has 2 aromatic heterocycles. The number of aromatic nitrogens is 3. The van der Waals surface area contributed by atoms with Crippen molar-refractivity contribution in [3.8, 4) is 0 Å². The standard InChI is InChI=1S/C12H13BrClN3O/c1-7-15-6-9-10(13)11(14)17(12(9)16-7)8-2-4-18-5-3-8/h6,8H,2-5H2,1H3. The zero-order valence-corrected chi connectivity index (χ0v) is 12.3. The molecule has 1 aliphatic rings. The molecule has 0 saturated carbocycles. The van der Waals surface area contributed by atoms with Gasteiger partial charge in [-0.15, -0.1) is 0 Å². The van der Waals surface area contributed by atoms with Crippen molar-refractivity contribution in [1.82, 2.24) is 14.5 Å². The quantitative estimate of drug-likeness (QED) is 0.803. The molecule has 0 spiro atoms. The summed E-state index contributed by atoms with van der Waals surface area (Å²) in [7, 11) is 0. The normalized spacial score (nSPS) is 17.5. The van der Waals surface area contributed by atoms with Gasteiger partial charge < -0.3 is 9.30 Å². The summed E-state index contributed by atoms with van der Waals surface area (Å²) in [6, 6.07) is 0.356. The van der Waals surface area contributed by atoms with Crippen LogP contribution in [-0.4, -0.2) is 27.7 Å². The lowest BCUT2D eigenvalue weighted by molar-refractivity contribution is 0.0706. The van der Waals surface area contributed by atoms with Gasteiger partial charge >= 0.3 is 0 Å². The van der Waals surface area contributed by atoms with E-state index < -0.39 is 0 Å². The van der Waals surface area contributed by atoms with E-state index >= 15 is 0 Å². The summed E-state index contributed by atoms with van der Waals surface area (Å²) >= 11 is 9.96. The number of aryl methyl sites for hydroxylation is 1. The first kappa shape index (κ1) is 12.4. The fourth-order valence-corrected chi connectivity index (χ4v) is 3.17. The van der Waals surface area contributed by atoms with Gasteiger partial charge in [0, 0.05) is 25.5 Å². The highest BCUT2D eigenvalue weighted by Crippen LogP contribution is 2.38. The Balaban J connectivity index is 2.20. The van der Waals surface area contributed by atoms with Crippen LogP contribution < -0.4 is 0 Å². The summed E-state index contributed by atoms with van der Waals surface area (Å²) in [5, 5.41) is 1.67. The highest BCUT2D eigenvalue weighted by atomic mass is 79.9. The van der Waals surface area contributed by atoms with Crippen LogP contribution in [0.4, 0.5) is 0 Å². The van der Waals surface area contributed by atoms with E-state index in [9.17, 15) is 0 Å². The lowest BCUT2D eigenvalue weighted by Gasteiger charge is -2.24. The van der Waals surface area contributed by atoms with Gasteiger partial charge in [-0.3, -0.25) is 0 Å². The molecule has 96 valence electrons. The largest absolute Gasteiger partial charge is 0.381 e. The zero-order chi connectivity index (χ0) is 12.7. The van der Waals surface area contributed by atoms with Gasteiger partial charge in [-0.25, -0.2) is 9.97 Å². The van der Waals surface area contributed by atoms with Crippen molar-refractivity contribution >= 4 is 38.6 Å². The van der Waals surface area contributed by atoms with Gasteiger partial charge in [0.15, 0.2) is 0 Å². The Labute approximate surface area is 118 Å². The summed E-state index contributed by atoms with van der Waals surface area (Å²) < 4.78 is 8.39. The Hall–Kier alpha value is -0.650. The number of nitrogens with zero attached hydrogens (tertiary/aromatic N) is 3. The van der Waals surface area contributed by atoms with Gasteiger partial charge in [-0.1, -0.05) is 11.6 Å². The summed E-state index contributed by atoms with van der Waals surface area (Å²) in [4.78, 5) is 8.76. The van der Waals surface area contributed by atoms with E-state index in [4.69, 9.17) is 16.3 Å². The van der Waals surface area contributed by atoms with E-state index in [1.54, 1.807) is 0 Å². The fourth-order valence-electron chi connectivity index (χ4n) is 2.38. The van der Waals surface area contributed by atoms with Crippen molar-refractivity contribution < 1.29 is 4.74 Å². The molecule has 0 aliphatic carbocycles. The zero-order valence-electron chi connectivity index (χ0n) is 9.99. The SMILES string of the molecule is Cc1ncc2c(Br)c(Cl)n(C3CCOCC3)c2n1. The summed E-state index contributed by atoms with van der Waals surface area (Å²) in [5.74, 6) is 0.762. The van der Waals surface area contributed by atoms with E-state index in [1.165, 1.54) is 0 Å². The first-order valence-corrected chi connectivity index (χ1v) is 7.12. The van der Waals surface area contributed by atoms with Crippen LogP contribution in [0.2, 0.25) is 5.15 Å². The Morgan fingerprint density at radius 2 is 2.17 bits per heavy atom. The maximum atomic E-state index is 6.43. The predicted octanol–water partition coefficient (Wildman–Crippen LogP) is 3.51. The van der Waals surface area contributed by atoms with Gasteiger partial charge in [0.1, 0.15) is 16.6 Å². The van der Waals surface area contributed by atoms with Crippen molar-refractivity contribution in [1.29, 1.82) is 0 Å². The van der Waals surface area contributed by atoms with E-state index in [1.807, 2.05) is 13.1 Å². The van der Waals surface area contributed by atoms with Crippen LogP contribution in [0.15, 0.2) is 10.7 Å². The van der Waals surface area contributed by atoms with Crippen molar-refractivity contribution in [2.45, 2.75) is 25.8 Å². The minimum Gasteiger partial charge on any atom is -0.381 e. The Morgan fingerprint density at radius 3 is 2.89 bits per heavy atom. The maximum Gasteiger partial charge on any atom is 0.146 e. The Bertz CT molecular complexity index is 593. The molecule has 3 heterocycles. The lowest BCUT2D eigenvalue weighted by atomic mass is 10.1. The van der Waals surface area contributed by atoms with Gasteiger partial charge in [0.05, 0.1) is 9.86 Å². The fraction of sp³-hybridized carbons (Fsp3) is 0.500. The number of ether oxygens (including phenoxy) is 1. The second-order valence-corrected chi connectivity index (χ2v) is 5.62. The lowest BCUT2D eigenvalue weighted by Crippen LogP contribution is -2.20. The summed E-state index contributed by atoms with van der Waals surface area (Å²) in [5.41, 5.74) is 0.909. The number of fused-ring (bicyclic) bond motifs is 1. The van der Waals surface area contributed by atoms with Crippen LogP contribution in [0.1, 0.15) is 24.7 Å². The number of halogens is 2. The first-order chi connectivity index (χ1) is 8.68. The molecule has 0 aromatic carbocycles. The average molecular weight is 331 g/mol. The van der Waals surface area contributed by atoms with Crippen LogP contribution in [0.5, 0.6) is 0 Å². The van der Waals surface area contributed by atoms with Crippen LogP contribution in [0.3, 0.4) is 0 Å². The van der Waals surface area contributed by atoms with E-state index in [-0.39, 0.29) is 0 Å². The third-order valence-electron chi connectivity index (χ3n) is 3.30. The van der Waals surface area contributed by atoms with Crippen molar-refractivity contribution in [2.24, 2.45) is 0 Å². The highest BCUT2D eigenvalue weighted by Gasteiger charge is 2.23. The molecular weight excluding hydrogens is 318 g/mol. The van der Waals surface area contributed by atoms with Crippen LogP contribution >= 0.6 is 27.5 Å². The van der Waals surface area contributed by atoms with Gasteiger partial charge in [0.25, 0.3) is 0 Å². The molecule has 1 fully saturated rings. The third kappa shape index (κ3) is 1.94. The Morgan fingerprint density at radius 1 is 1.44 bits per heavy atom. The third-order valence-corrected chi connectivity index (χ3v) is 4.70. The van der Waals surface area contributed by atoms with Crippen LogP contribution in [0, 0.1) is 6.92 Å². The van der Waals surface area contributed by atoms with Crippen molar-refractivity contribution in [2.75, 3.05) is 13.2 Å². The molecule has 1 saturated heterocycles. The van der Waals surface area contributed by atoms with Gasteiger partial charge in [0.2, 0.25) is 0 Å². The molecule has 0 unspecified atom stereocenters. The average Bonchev–Trinajstić information content (AvgIpc) is 2.63. The minimum atomic E-state index is 0.356. The van der Waals surface area contributed by atoms with Gasteiger partial charge in [-0.2, -0.15) is 0 Å². The summed E-state index contributed by atoms with van der Waals surface area (Å²) in [6.07, 6.45) is 3.77. The van der Waals surface area contributed by atoms with Crippen LogP contribution in [0.25, 0.3) is 11.0 Å². The summed E-state index contributed by atoms with van der Waals surface area (Å²) in [6.45, 7) is 3.45. The molecule has 6 heteroatoms. The molecule has 1 aliphatic heterocycles. The molecule has 18 heavy (non-hydrogen) atoms. The topological polar surface area (TPSA) is 39.9 Å². The smallest absolute Gasteiger partial charge is 0.146 e. The highest BCUT2D eigenvalue weighted by molar-refractivity contribution is 9.10. The van der Waals surface area contributed by atoms with E-state index in [0.29, 0.717) is 11.2 Å². The number of rotatable bonds is 1. The molecule has 0 bridgehead atoms. The molecule has 0 radical (unpaired) electrons. The Kier molecular flexibility index (Phi) is 3.30. The molecule has 4 nitrogen and oxygen atoms in total. The van der Waals surface area contributed by atoms with E-state index in [0.717, 1.165) is 47.4 Å². The molecule has 0 atom stereocenters. The number of hydrogen-bond acceptors (Lipinski definition) is 3. The minimum absolute atomic E-state index is 0.356. The maximum absolute atomic E-state index is 6.43. The number of hydrogen-bond donors (Lipinski definition) is 0. The molecule has 0 N–H and O–H groups in total. The molecule has 2 aromatic rings. The molecular formula is C12H13BrClN3O. The first-order valence-electron chi connectivity index (χ1n) is 5.94. The second kappa shape index (κ2) is 4.79. The van der Waals surface area contributed by atoms with Gasteiger partial charge in [-0.05, 0) is 35.7 Å². The van der Waals surface area contributed by atoms with Crippen molar-refractivity contribution in [3.63, 3.8) is 0 Å². The van der Waals surface area contributed by atoms with Crippen molar-refractivity contribution in [3.05, 3.63) is 21.6 Å². The molecule has 3 rings (SSSR count). The molecule has 0 amide bonds. The van der Waals surface area contributed by atoms with Crippen LogP contribution in [-0.2, 0) is 4.74 Å². The monoisotopic (exact) mass is 329 g/mol. The predicted molar refractivity (Wildman–Crippen MR) is 74.1 cm³/mol. The van der Waals surface area contributed by atoms with E-state index in [2.05, 4.69) is 30.5 Å². The second-order valence-electron chi connectivity index (χ2n) is 4.47.